The summed E-state index contributed by atoms with van der Waals surface area (Å²) in [6, 6.07) is 0.0781. The van der Waals surface area contributed by atoms with E-state index in [4.69, 9.17) is 5.73 Å². The van der Waals surface area contributed by atoms with E-state index in [1.54, 1.807) is 4.90 Å². The van der Waals surface area contributed by atoms with Crippen LogP contribution in [0.2, 0.25) is 0 Å². The Morgan fingerprint density at radius 3 is 2.82 bits per heavy atom. The third kappa shape index (κ3) is 2.10. The van der Waals surface area contributed by atoms with Crippen molar-refractivity contribution in [2.24, 2.45) is 5.73 Å². The number of urea groups is 1. The Balaban J connectivity index is 2.52. The van der Waals surface area contributed by atoms with Crippen molar-refractivity contribution in [3.63, 3.8) is 0 Å². The van der Waals surface area contributed by atoms with Gasteiger partial charge in [-0.2, -0.15) is 0 Å². The van der Waals surface area contributed by atoms with Crippen LogP contribution in [-0.4, -0.2) is 23.5 Å². The molecule has 64 valence electrons. The van der Waals surface area contributed by atoms with Crippen LogP contribution >= 0.6 is 0 Å². The summed E-state index contributed by atoms with van der Waals surface area (Å²) >= 11 is 0. The van der Waals surface area contributed by atoms with Gasteiger partial charge in [-0.3, -0.25) is 0 Å². The number of likely N-dealkylation sites (tertiary alicyclic amines) is 1. The molecule has 0 aromatic rings. The van der Waals surface area contributed by atoms with Gasteiger partial charge < -0.3 is 10.6 Å². The smallest absolute Gasteiger partial charge is 0.315 e. The maximum Gasteiger partial charge on any atom is 0.315 e. The number of amides is 2. The van der Waals surface area contributed by atoms with Crippen LogP contribution in [0.3, 0.4) is 0 Å². The Bertz CT molecular complexity index is 147. The SMILES string of the molecule is CC1CCCCCN1C(N)=O. The summed E-state index contributed by atoms with van der Waals surface area (Å²) in [4.78, 5) is 12.6. The number of hydrogen-bond donors (Lipinski definition) is 1. The molecule has 0 spiro atoms. The molecule has 1 unspecified atom stereocenters. The van der Waals surface area contributed by atoms with Crippen molar-refractivity contribution in [2.75, 3.05) is 6.54 Å². The molecule has 0 aromatic carbocycles. The molecule has 0 aliphatic carbocycles. The van der Waals surface area contributed by atoms with E-state index >= 15 is 0 Å². The second kappa shape index (κ2) is 3.60. The standard InChI is InChI=1S/C8H16N2O/c1-7-5-3-2-4-6-10(7)8(9)11/h7H,2-6H2,1H3,(H2,9,11). The van der Waals surface area contributed by atoms with Crippen LogP contribution in [0.4, 0.5) is 4.79 Å². The van der Waals surface area contributed by atoms with E-state index in [1.807, 2.05) is 0 Å². The van der Waals surface area contributed by atoms with Crippen LogP contribution < -0.4 is 5.73 Å². The molecule has 0 radical (unpaired) electrons. The highest BCUT2D eigenvalue weighted by molar-refractivity contribution is 5.72. The molecular weight excluding hydrogens is 140 g/mol. The molecule has 0 saturated carbocycles. The number of hydrogen-bond acceptors (Lipinski definition) is 1. The molecule has 3 nitrogen and oxygen atoms in total. The first kappa shape index (κ1) is 8.37. The molecule has 2 N–H and O–H groups in total. The lowest BCUT2D eigenvalue weighted by atomic mass is 10.1. The number of carbonyl (C=O) groups excluding carboxylic acids is 1. The van der Waals surface area contributed by atoms with E-state index in [0.29, 0.717) is 6.04 Å². The van der Waals surface area contributed by atoms with Crippen LogP contribution in [0.15, 0.2) is 0 Å². The third-order valence-corrected chi connectivity index (χ3v) is 2.34. The number of primary amides is 1. The summed E-state index contributed by atoms with van der Waals surface area (Å²) in [5.74, 6) is 0. The highest BCUT2D eigenvalue weighted by Crippen LogP contribution is 2.15. The molecule has 1 aliphatic heterocycles. The summed E-state index contributed by atoms with van der Waals surface area (Å²) in [7, 11) is 0. The normalized spacial score (nSPS) is 26.3. The van der Waals surface area contributed by atoms with Gasteiger partial charge in [0, 0.05) is 12.6 Å². The minimum atomic E-state index is -0.264. The van der Waals surface area contributed by atoms with E-state index in [1.165, 1.54) is 12.8 Å². The lowest BCUT2D eigenvalue weighted by Crippen LogP contribution is -2.41. The van der Waals surface area contributed by atoms with Gasteiger partial charge in [0.15, 0.2) is 0 Å². The summed E-state index contributed by atoms with van der Waals surface area (Å²) in [5.41, 5.74) is 5.21. The highest BCUT2D eigenvalue weighted by atomic mass is 16.2. The Kier molecular flexibility index (Phi) is 2.74. The Hall–Kier alpha value is -0.730. The molecule has 1 fully saturated rings. The first-order valence-corrected chi connectivity index (χ1v) is 4.28. The van der Waals surface area contributed by atoms with Gasteiger partial charge in [0.25, 0.3) is 0 Å². The second-order valence-electron chi connectivity index (χ2n) is 3.23. The van der Waals surface area contributed by atoms with Crippen molar-refractivity contribution in [1.29, 1.82) is 0 Å². The number of carbonyl (C=O) groups is 1. The van der Waals surface area contributed by atoms with Crippen molar-refractivity contribution in [2.45, 2.75) is 38.6 Å². The molecule has 1 saturated heterocycles. The van der Waals surface area contributed by atoms with Gasteiger partial charge in [-0.15, -0.1) is 0 Å². The second-order valence-corrected chi connectivity index (χ2v) is 3.23. The van der Waals surface area contributed by atoms with Crippen LogP contribution in [0.5, 0.6) is 0 Å². The minimum absolute atomic E-state index is 0.264. The molecule has 1 rings (SSSR count). The lowest BCUT2D eigenvalue weighted by molar-refractivity contribution is 0.190. The average Bonchev–Trinajstić information content (AvgIpc) is 2.13. The minimum Gasteiger partial charge on any atom is -0.351 e. The predicted molar refractivity (Wildman–Crippen MR) is 44.2 cm³/mol. The predicted octanol–water partition coefficient (Wildman–Crippen LogP) is 1.33. The highest BCUT2D eigenvalue weighted by Gasteiger charge is 2.18. The van der Waals surface area contributed by atoms with E-state index < -0.39 is 0 Å². The average molecular weight is 156 g/mol. The fourth-order valence-corrected chi connectivity index (χ4v) is 1.60. The summed E-state index contributed by atoms with van der Waals surface area (Å²) in [6.07, 6.45) is 4.66. The van der Waals surface area contributed by atoms with Crippen molar-refractivity contribution in [3.8, 4) is 0 Å². The first-order valence-electron chi connectivity index (χ1n) is 4.28. The van der Waals surface area contributed by atoms with Gasteiger partial charge in [0.2, 0.25) is 0 Å². The molecule has 1 aliphatic rings. The zero-order valence-electron chi connectivity index (χ0n) is 7.05. The Labute approximate surface area is 67.5 Å². The van der Waals surface area contributed by atoms with Gasteiger partial charge in [-0.1, -0.05) is 12.8 Å². The molecule has 2 amide bonds. The van der Waals surface area contributed by atoms with Gasteiger partial charge >= 0.3 is 6.03 Å². The molecular formula is C8H16N2O. The van der Waals surface area contributed by atoms with E-state index in [-0.39, 0.29) is 6.03 Å². The molecule has 0 bridgehead atoms. The molecule has 3 heteroatoms. The first-order chi connectivity index (χ1) is 5.22. The van der Waals surface area contributed by atoms with Crippen molar-refractivity contribution < 1.29 is 4.79 Å². The van der Waals surface area contributed by atoms with E-state index in [2.05, 4.69) is 6.92 Å². The van der Waals surface area contributed by atoms with E-state index in [0.717, 1.165) is 19.4 Å². The van der Waals surface area contributed by atoms with Gasteiger partial charge in [0.1, 0.15) is 0 Å². The monoisotopic (exact) mass is 156 g/mol. The number of nitrogens with two attached hydrogens (primary N) is 1. The van der Waals surface area contributed by atoms with Gasteiger partial charge in [-0.25, -0.2) is 4.79 Å². The maximum absolute atomic E-state index is 10.9. The fourth-order valence-electron chi connectivity index (χ4n) is 1.60. The topological polar surface area (TPSA) is 46.3 Å². The number of nitrogens with zero attached hydrogens (tertiary/aromatic N) is 1. The van der Waals surface area contributed by atoms with Crippen LogP contribution in [-0.2, 0) is 0 Å². The van der Waals surface area contributed by atoms with Crippen molar-refractivity contribution in [1.82, 2.24) is 4.90 Å². The Morgan fingerprint density at radius 1 is 1.45 bits per heavy atom. The van der Waals surface area contributed by atoms with Gasteiger partial charge in [0.05, 0.1) is 0 Å². The number of rotatable bonds is 0. The zero-order chi connectivity index (χ0) is 8.27. The fraction of sp³-hybridized carbons (Fsp3) is 0.875. The largest absolute Gasteiger partial charge is 0.351 e. The third-order valence-electron chi connectivity index (χ3n) is 2.34. The maximum atomic E-state index is 10.9. The van der Waals surface area contributed by atoms with Crippen LogP contribution in [0, 0.1) is 0 Å². The Morgan fingerprint density at radius 2 is 2.18 bits per heavy atom. The van der Waals surface area contributed by atoms with E-state index in [9.17, 15) is 4.79 Å². The van der Waals surface area contributed by atoms with Crippen LogP contribution in [0.1, 0.15) is 32.6 Å². The summed E-state index contributed by atoms with van der Waals surface area (Å²) in [5, 5.41) is 0. The quantitative estimate of drug-likeness (QED) is 0.565. The van der Waals surface area contributed by atoms with Gasteiger partial charge in [-0.05, 0) is 19.8 Å². The molecule has 1 heterocycles. The zero-order valence-corrected chi connectivity index (χ0v) is 7.05. The summed E-state index contributed by atoms with van der Waals surface area (Å²) in [6.45, 7) is 2.91. The molecule has 1 atom stereocenters. The molecule has 11 heavy (non-hydrogen) atoms. The van der Waals surface area contributed by atoms with Crippen molar-refractivity contribution in [3.05, 3.63) is 0 Å². The van der Waals surface area contributed by atoms with Crippen molar-refractivity contribution >= 4 is 6.03 Å². The summed E-state index contributed by atoms with van der Waals surface area (Å²) < 4.78 is 0. The lowest BCUT2D eigenvalue weighted by Gasteiger charge is -2.24. The van der Waals surface area contributed by atoms with Crippen LogP contribution in [0.25, 0.3) is 0 Å². The molecule has 0 aromatic heterocycles.